The fourth-order valence-electron chi connectivity index (χ4n) is 4.24. The molecule has 1 fully saturated rings. The molecule has 1 aliphatic heterocycles. The summed E-state index contributed by atoms with van der Waals surface area (Å²) in [5.74, 6) is 0.140. The molecule has 0 radical (unpaired) electrons. The Balaban J connectivity index is 1.36. The van der Waals surface area contributed by atoms with E-state index in [0.717, 1.165) is 19.4 Å². The van der Waals surface area contributed by atoms with Crippen LogP contribution in [0.1, 0.15) is 23.6 Å². The lowest BCUT2D eigenvalue weighted by Gasteiger charge is -2.15. The van der Waals surface area contributed by atoms with E-state index in [0.29, 0.717) is 30.3 Å². The van der Waals surface area contributed by atoms with Crippen LogP contribution in [0.4, 0.5) is 9.18 Å². The Morgan fingerprint density at radius 2 is 1.71 bits per heavy atom. The second kappa shape index (κ2) is 11.2. The third-order valence-corrected chi connectivity index (χ3v) is 6.89. The van der Waals surface area contributed by atoms with Crippen LogP contribution in [0.3, 0.4) is 0 Å². The first-order valence-electron chi connectivity index (χ1n) is 12.1. The second-order valence-corrected chi connectivity index (χ2v) is 9.87. The monoisotopic (exact) mass is 622 g/mol. The number of fused-ring (bicyclic) bond motifs is 1. The minimum atomic E-state index is -0.598. The first-order chi connectivity index (χ1) is 18.4. The van der Waals surface area contributed by atoms with E-state index in [2.05, 4.69) is 52.2 Å². The average molecular weight is 622 g/mol. The molecule has 3 amide bonds. The van der Waals surface area contributed by atoms with Gasteiger partial charge in [-0.3, -0.25) is 9.69 Å². The summed E-state index contributed by atoms with van der Waals surface area (Å²) in [5.41, 5.74) is 2.06. The van der Waals surface area contributed by atoms with Gasteiger partial charge in [0.05, 0.1) is 16.7 Å². The lowest BCUT2D eigenvalue weighted by molar-refractivity contribution is -0.123. The molecule has 1 N–H and O–H groups in total. The largest absolute Gasteiger partial charge is 0.490 e. The maximum Gasteiger partial charge on any atom is 0.329 e. The van der Waals surface area contributed by atoms with Crippen molar-refractivity contribution in [1.82, 2.24) is 10.2 Å². The number of imide groups is 1. The fraction of sp³-hybridized carbons (Fsp3) is 0.133. The Morgan fingerprint density at radius 1 is 0.947 bits per heavy atom. The standard InChI is InChI=1S/C30H24FIN2O4/c1-2-37-27-16-20(15-26-29(35)34(30(36)33-26)17-23-9-5-6-10-24(23)31)14-25(32)28(27)38-18-19-11-12-21-7-3-4-8-22(21)13-19/h3-16H,2,17-18H2,1H3,(H,33,36)/b26-15+. The van der Waals surface area contributed by atoms with Crippen molar-refractivity contribution < 1.29 is 23.5 Å². The number of ether oxygens (including phenoxy) is 2. The molecule has 38 heavy (non-hydrogen) atoms. The van der Waals surface area contributed by atoms with Crippen molar-refractivity contribution in [2.24, 2.45) is 0 Å². The number of urea groups is 1. The summed E-state index contributed by atoms with van der Waals surface area (Å²) < 4.78 is 26.9. The van der Waals surface area contributed by atoms with Gasteiger partial charge in [-0.05, 0) is 81.8 Å². The molecule has 0 spiro atoms. The van der Waals surface area contributed by atoms with Gasteiger partial charge >= 0.3 is 6.03 Å². The third-order valence-electron chi connectivity index (χ3n) is 6.09. The minimum Gasteiger partial charge on any atom is -0.490 e. The van der Waals surface area contributed by atoms with E-state index in [-0.39, 0.29) is 17.8 Å². The van der Waals surface area contributed by atoms with Gasteiger partial charge in [0, 0.05) is 5.56 Å². The highest BCUT2D eigenvalue weighted by atomic mass is 127. The van der Waals surface area contributed by atoms with Gasteiger partial charge in [-0.25, -0.2) is 9.18 Å². The van der Waals surface area contributed by atoms with E-state index in [9.17, 15) is 14.0 Å². The quantitative estimate of drug-likeness (QED) is 0.136. The van der Waals surface area contributed by atoms with Crippen LogP contribution in [0.25, 0.3) is 16.8 Å². The van der Waals surface area contributed by atoms with Crippen molar-refractivity contribution in [3.05, 3.63) is 111 Å². The van der Waals surface area contributed by atoms with Gasteiger partial charge in [0.25, 0.3) is 5.91 Å². The third kappa shape index (κ3) is 5.50. The van der Waals surface area contributed by atoms with Gasteiger partial charge in [0.15, 0.2) is 11.5 Å². The lowest BCUT2D eigenvalue weighted by atomic mass is 10.1. The summed E-state index contributed by atoms with van der Waals surface area (Å²) in [6.45, 7) is 2.51. The maximum atomic E-state index is 14.1. The SMILES string of the molecule is CCOc1cc(/C=C2/NC(=O)N(Cc3ccccc3F)C2=O)cc(I)c1OCc1ccc2ccccc2c1. The van der Waals surface area contributed by atoms with E-state index in [4.69, 9.17) is 9.47 Å². The van der Waals surface area contributed by atoms with Gasteiger partial charge in [-0.1, -0.05) is 54.6 Å². The first kappa shape index (κ1) is 25.7. The van der Waals surface area contributed by atoms with E-state index < -0.39 is 17.8 Å². The molecule has 0 aliphatic carbocycles. The minimum absolute atomic E-state index is 0.106. The molecule has 0 atom stereocenters. The molecular weight excluding hydrogens is 598 g/mol. The Labute approximate surface area is 233 Å². The van der Waals surface area contributed by atoms with Crippen LogP contribution in [-0.2, 0) is 17.9 Å². The number of halogens is 2. The van der Waals surface area contributed by atoms with Crippen LogP contribution >= 0.6 is 22.6 Å². The average Bonchev–Trinajstić information content (AvgIpc) is 3.16. The summed E-state index contributed by atoms with van der Waals surface area (Å²) in [6.07, 6.45) is 1.58. The molecule has 6 nitrogen and oxygen atoms in total. The number of hydrogen-bond acceptors (Lipinski definition) is 4. The molecule has 1 saturated heterocycles. The number of rotatable bonds is 8. The number of carbonyl (C=O) groups is 2. The predicted octanol–water partition coefficient (Wildman–Crippen LogP) is 6.65. The topological polar surface area (TPSA) is 67.9 Å². The highest BCUT2D eigenvalue weighted by Gasteiger charge is 2.34. The molecule has 1 heterocycles. The van der Waals surface area contributed by atoms with Gasteiger partial charge in [-0.2, -0.15) is 0 Å². The zero-order valence-corrected chi connectivity index (χ0v) is 22.7. The molecule has 4 aromatic carbocycles. The molecule has 0 aromatic heterocycles. The van der Waals surface area contributed by atoms with Gasteiger partial charge in [-0.15, -0.1) is 0 Å². The van der Waals surface area contributed by atoms with Gasteiger partial charge in [0.1, 0.15) is 18.1 Å². The smallest absolute Gasteiger partial charge is 0.329 e. The number of hydrogen-bond donors (Lipinski definition) is 1. The molecular formula is C30H24FIN2O4. The van der Waals surface area contributed by atoms with Crippen LogP contribution in [0.5, 0.6) is 11.5 Å². The molecule has 4 aromatic rings. The van der Waals surface area contributed by atoms with E-state index in [1.165, 1.54) is 11.5 Å². The van der Waals surface area contributed by atoms with Crippen molar-refractivity contribution in [1.29, 1.82) is 0 Å². The zero-order valence-electron chi connectivity index (χ0n) is 20.5. The summed E-state index contributed by atoms with van der Waals surface area (Å²) in [5, 5.41) is 4.90. The second-order valence-electron chi connectivity index (χ2n) is 8.70. The predicted molar refractivity (Wildman–Crippen MR) is 152 cm³/mol. The highest BCUT2D eigenvalue weighted by Crippen LogP contribution is 2.36. The number of nitrogens with one attached hydrogen (secondary N) is 1. The summed E-state index contributed by atoms with van der Waals surface area (Å²) in [4.78, 5) is 26.4. The lowest BCUT2D eigenvalue weighted by Crippen LogP contribution is -2.30. The number of carbonyl (C=O) groups excluding carboxylic acids is 2. The molecule has 192 valence electrons. The molecule has 0 unspecified atom stereocenters. The summed E-state index contributed by atoms with van der Waals surface area (Å²) in [7, 11) is 0. The molecule has 1 aliphatic rings. The van der Waals surface area contributed by atoms with Crippen molar-refractivity contribution in [3.8, 4) is 11.5 Å². The molecule has 8 heteroatoms. The Hall–Kier alpha value is -3.92. The van der Waals surface area contributed by atoms with E-state index in [1.807, 2.05) is 31.2 Å². The van der Waals surface area contributed by atoms with Crippen molar-refractivity contribution >= 4 is 51.4 Å². The van der Waals surface area contributed by atoms with Crippen LogP contribution in [0, 0.1) is 9.39 Å². The number of benzene rings is 4. The highest BCUT2D eigenvalue weighted by molar-refractivity contribution is 14.1. The number of nitrogens with zero attached hydrogens (tertiary/aromatic N) is 1. The normalized spacial score (nSPS) is 14.3. The van der Waals surface area contributed by atoms with Crippen LogP contribution in [-0.4, -0.2) is 23.4 Å². The fourth-order valence-corrected chi connectivity index (χ4v) is 5.02. The van der Waals surface area contributed by atoms with Crippen molar-refractivity contribution in [3.63, 3.8) is 0 Å². The van der Waals surface area contributed by atoms with Gasteiger partial charge in [0.2, 0.25) is 0 Å². The molecule has 5 rings (SSSR count). The number of amides is 3. The molecule has 0 saturated carbocycles. The Morgan fingerprint density at radius 3 is 2.50 bits per heavy atom. The zero-order chi connectivity index (χ0) is 26.6. The van der Waals surface area contributed by atoms with Crippen molar-refractivity contribution in [2.45, 2.75) is 20.1 Å². The van der Waals surface area contributed by atoms with Crippen LogP contribution < -0.4 is 14.8 Å². The Kier molecular flexibility index (Phi) is 7.59. The summed E-state index contributed by atoms with van der Waals surface area (Å²) in [6, 6.07) is 23.4. The van der Waals surface area contributed by atoms with Crippen molar-refractivity contribution in [2.75, 3.05) is 6.61 Å². The van der Waals surface area contributed by atoms with Crippen LogP contribution in [0.2, 0.25) is 0 Å². The molecule has 0 bridgehead atoms. The van der Waals surface area contributed by atoms with E-state index >= 15 is 0 Å². The van der Waals surface area contributed by atoms with E-state index in [1.54, 1.807) is 30.3 Å². The Bertz CT molecular complexity index is 1570. The van der Waals surface area contributed by atoms with Gasteiger partial charge < -0.3 is 14.8 Å². The first-order valence-corrected chi connectivity index (χ1v) is 13.2. The maximum absolute atomic E-state index is 14.1. The van der Waals surface area contributed by atoms with Crippen LogP contribution in [0.15, 0.2) is 84.6 Å². The summed E-state index contributed by atoms with van der Waals surface area (Å²) >= 11 is 2.17.